The van der Waals surface area contributed by atoms with Crippen molar-refractivity contribution in [2.45, 2.75) is 20.0 Å². The van der Waals surface area contributed by atoms with Gasteiger partial charge in [0.05, 0.1) is 26.9 Å². The number of ether oxygens (including phenoxy) is 2. The molecule has 1 aliphatic heterocycles. The van der Waals surface area contributed by atoms with Crippen LogP contribution in [0.5, 0.6) is 11.5 Å². The molecule has 34 heavy (non-hydrogen) atoms. The largest absolute Gasteiger partial charge is 0.462 e. The first-order valence-electron chi connectivity index (χ1n) is 9.71. The second-order valence-electron chi connectivity index (χ2n) is 7.11. The van der Waals surface area contributed by atoms with E-state index in [9.17, 15) is 34.6 Å². The normalized spacial score (nSPS) is 14.6. The summed E-state index contributed by atoms with van der Waals surface area (Å²) in [5.74, 6) is -1.58. The zero-order valence-electron chi connectivity index (χ0n) is 17.8. The highest BCUT2D eigenvalue weighted by molar-refractivity contribution is 8.18. The molecule has 0 aromatic heterocycles. The van der Waals surface area contributed by atoms with E-state index < -0.39 is 51.0 Å². The van der Waals surface area contributed by atoms with Crippen LogP contribution < -0.4 is 4.74 Å². The van der Waals surface area contributed by atoms with Crippen LogP contribution in [0.4, 0.5) is 16.2 Å². The van der Waals surface area contributed by atoms with E-state index in [1.54, 1.807) is 32.0 Å². The summed E-state index contributed by atoms with van der Waals surface area (Å²) in [6, 6.07) is 9.16. The van der Waals surface area contributed by atoms with Crippen LogP contribution in [0.3, 0.4) is 0 Å². The molecular weight excluding hydrogens is 470 g/mol. The lowest BCUT2D eigenvalue weighted by molar-refractivity contribution is -0.394. The molecule has 176 valence electrons. The second kappa shape index (κ2) is 10.1. The highest BCUT2D eigenvalue weighted by atomic mass is 32.2. The number of amides is 2. The molecule has 1 fully saturated rings. The van der Waals surface area contributed by atoms with Crippen LogP contribution in [0.25, 0.3) is 6.08 Å². The topological polar surface area (TPSA) is 159 Å². The van der Waals surface area contributed by atoms with Crippen molar-refractivity contribution in [3.05, 3.63) is 73.2 Å². The van der Waals surface area contributed by atoms with Crippen molar-refractivity contribution in [2.75, 3.05) is 6.54 Å². The standard InChI is InChI=1S/C21H17N3O9S/c1-12(2)32-19(25)11-22-20(26)18(34-21(22)27)9-13-5-3-4-6-16(13)33-17-8-7-14(23(28)29)10-15(17)24(30)31/h3-10,12H,11H2,1-2H3/b18-9-. The highest BCUT2D eigenvalue weighted by Crippen LogP contribution is 2.38. The molecule has 3 rings (SSSR count). The van der Waals surface area contributed by atoms with Crippen molar-refractivity contribution in [2.24, 2.45) is 0 Å². The number of carbonyl (C=O) groups excluding carboxylic acids is 3. The molecule has 0 aliphatic carbocycles. The Morgan fingerprint density at radius 1 is 1.09 bits per heavy atom. The smallest absolute Gasteiger partial charge is 0.326 e. The molecule has 0 bridgehead atoms. The zero-order chi connectivity index (χ0) is 25.0. The average Bonchev–Trinajstić information content (AvgIpc) is 3.01. The highest BCUT2D eigenvalue weighted by Gasteiger charge is 2.37. The van der Waals surface area contributed by atoms with Crippen LogP contribution in [0.2, 0.25) is 0 Å². The quantitative estimate of drug-likeness (QED) is 0.227. The number of thioether (sulfide) groups is 1. The van der Waals surface area contributed by atoms with E-state index in [1.165, 1.54) is 12.1 Å². The lowest BCUT2D eigenvalue weighted by Gasteiger charge is -2.13. The SMILES string of the molecule is CC(C)OC(=O)CN1C(=O)S/C(=C\c2ccccc2Oc2ccc([N+](=O)[O-])cc2[N+](=O)[O-])C1=O. The van der Waals surface area contributed by atoms with E-state index in [4.69, 9.17) is 9.47 Å². The summed E-state index contributed by atoms with van der Waals surface area (Å²) in [7, 11) is 0. The van der Waals surface area contributed by atoms with E-state index >= 15 is 0 Å². The van der Waals surface area contributed by atoms with Crippen molar-refractivity contribution in [3.63, 3.8) is 0 Å². The van der Waals surface area contributed by atoms with Crippen LogP contribution in [0, 0.1) is 20.2 Å². The van der Waals surface area contributed by atoms with Gasteiger partial charge in [-0.3, -0.25) is 39.5 Å². The van der Waals surface area contributed by atoms with Gasteiger partial charge in [0.2, 0.25) is 5.75 Å². The molecule has 13 heteroatoms. The molecule has 1 heterocycles. The number of imide groups is 1. The third-order valence-corrected chi connectivity index (χ3v) is 5.21. The van der Waals surface area contributed by atoms with Crippen LogP contribution in [-0.4, -0.2) is 44.5 Å². The third-order valence-electron chi connectivity index (χ3n) is 4.30. The molecule has 2 aromatic rings. The molecule has 0 spiro atoms. The minimum Gasteiger partial charge on any atom is -0.462 e. The van der Waals surface area contributed by atoms with Crippen molar-refractivity contribution < 1.29 is 33.7 Å². The number of nitro groups is 2. The Bertz CT molecular complexity index is 1230. The zero-order valence-corrected chi connectivity index (χ0v) is 18.6. The summed E-state index contributed by atoms with van der Waals surface area (Å²) < 4.78 is 10.6. The average molecular weight is 487 g/mol. The minimum absolute atomic E-state index is 0.0107. The number of hydrogen-bond acceptors (Lipinski definition) is 10. The Morgan fingerprint density at radius 2 is 1.79 bits per heavy atom. The van der Waals surface area contributed by atoms with E-state index in [2.05, 4.69) is 0 Å². The first-order valence-corrected chi connectivity index (χ1v) is 10.5. The molecule has 12 nitrogen and oxygen atoms in total. The van der Waals surface area contributed by atoms with Crippen molar-refractivity contribution >= 4 is 46.3 Å². The molecule has 2 aromatic carbocycles. The second-order valence-corrected chi connectivity index (χ2v) is 8.11. The third kappa shape index (κ3) is 5.56. The molecule has 1 saturated heterocycles. The summed E-state index contributed by atoms with van der Waals surface area (Å²) in [5.41, 5.74) is -0.782. The molecular formula is C21H17N3O9S. The number of hydrogen-bond donors (Lipinski definition) is 0. The van der Waals surface area contributed by atoms with Crippen molar-refractivity contribution in [1.82, 2.24) is 4.90 Å². The predicted molar refractivity (Wildman–Crippen MR) is 120 cm³/mol. The van der Waals surface area contributed by atoms with E-state index in [0.29, 0.717) is 17.3 Å². The molecule has 1 aliphatic rings. The van der Waals surface area contributed by atoms with Crippen LogP contribution in [0.15, 0.2) is 47.4 Å². The fourth-order valence-corrected chi connectivity index (χ4v) is 3.70. The summed E-state index contributed by atoms with van der Waals surface area (Å²) in [6.45, 7) is 2.74. The van der Waals surface area contributed by atoms with Gasteiger partial charge in [0, 0.05) is 11.6 Å². The van der Waals surface area contributed by atoms with Gasteiger partial charge >= 0.3 is 11.7 Å². The summed E-state index contributed by atoms with van der Waals surface area (Å²) in [5, 5.41) is 21.7. The van der Waals surface area contributed by atoms with Gasteiger partial charge in [0.25, 0.3) is 16.8 Å². The molecule has 0 saturated carbocycles. The number of para-hydroxylation sites is 1. The van der Waals surface area contributed by atoms with Crippen molar-refractivity contribution in [1.29, 1.82) is 0 Å². The van der Waals surface area contributed by atoms with E-state index in [-0.39, 0.29) is 16.4 Å². The van der Waals surface area contributed by atoms with Gasteiger partial charge < -0.3 is 9.47 Å². The Labute approximate surface area is 196 Å². The van der Waals surface area contributed by atoms with Gasteiger partial charge in [-0.1, -0.05) is 18.2 Å². The number of rotatable bonds is 8. The number of nitrogens with zero attached hydrogens (tertiary/aromatic N) is 3. The molecule has 0 N–H and O–H groups in total. The fraction of sp³-hybridized carbons (Fsp3) is 0.190. The van der Waals surface area contributed by atoms with Gasteiger partial charge in [0.1, 0.15) is 12.3 Å². The summed E-state index contributed by atoms with van der Waals surface area (Å²) in [4.78, 5) is 58.3. The van der Waals surface area contributed by atoms with Crippen molar-refractivity contribution in [3.8, 4) is 11.5 Å². The lowest BCUT2D eigenvalue weighted by atomic mass is 10.1. The van der Waals surface area contributed by atoms with Gasteiger partial charge in [-0.15, -0.1) is 0 Å². The number of carbonyl (C=O) groups is 3. The van der Waals surface area contributed by atoms with Crippen LogP contribution in [0.1, 0.15) is 19.4 Å². The summed E-state index contributed by atoms with van der Waals surface area (Å²) in [6.07, 6.45) is 0.945. The van der Waals surface area contributed by atoms with Gasteiger partial charge in [0.15, 0.2) is 0 Å². The minimum atomic E-state index is -0.813. The number of nitro benzene ring substituents is 2. The fourth-order valence-electron chi connectivity index (χ4n) is 2.87. The lowest BCUT2D eigenvalue weighted by Crippen LogP contribution is -2.35. The maximum absolute atomic E-state index is 12.7. The van der Waals surface area contributed by atoms with Gasteiger partial charge in [-0.25, -0.2) is 0 Å². The Hall–Kier alpha value is -4.26. The number of esters is 1. The van der Waals surface area contributed by atoms with Crippen LogP contribution in [-0.2, 0) is 14.3 Å². The Kier molecular flexibility index (Phi) is 7.26. The van der Waals surface area contributed by atoms with E-state index in [0.717, 1.165) is 23.1 Å². The number of non-ortho nitro benzene ring substituents is 1. The molecule has 0 radical (unpaired) electrons. The maximum Gasteiger partial charge on any atom is 0.326 e. The Balaban J connectivity index is 1.89. The molecule has 2 amide bonds. The summed E-state index contributed by atoms with van der Waals surface area (Å²) >= 11 is 0.618. The van der Waals surface area contributed by atoms with Gasteiger partial charge in [-0.2, -0.15) is 0 Å². The first-order chi connectivity index (χ1) is 16.1. The first kappa shape index (κ1) is 24.4. The van der Waals surface area contributed by atoms with Gasteiger partial charge in [-0.05, 0) is 43.8 Å². The monoisotopic (exact) mass is 487 g/mol. The van der Waals surface area contributed by atoms with E-state index in [1.807, 2.05) is 0 Å². The van der Waals surface area contributed by atoms with Crippen LogP contribution >= 0.6 is 11.8 Å². The number of benzene rings is 2. The Morgan fingerprint density at radius 3 is 2.44 bits per heavy atom. The maximum atomic E-state index is 12.7. The molecule has 0 atom stereocenters. The molecule has 0 unspecified atom stereocenters. The predicted octanol–water partition coefficient (Wildman–Crippen LogP) is 4.28.